The molecule has 22 heavy (non-hydrogen) atoms. The van der Waals surface area contributed by atoms with Gasteiger partial charge in [0.1, 0.15) is 6.04 Å². The van der Waals surface area contributed by atoms with Crippen LogP contribution in [0.4, 0.5) is 0 Å². The predicted octanol–water partition coefficient (Wildman–Crippen LogP) is -0.685. The molecule has 1 aromatic rings. The number of ether oxygens (including phenoxy) is 1. The smallest absolute Gasteiger partial charge is 0.241 e. The van der Waals surface area contributed by atoms with E-state index in [0.29, 0.717) is 19.5 Å². The fraction of sp³-hybridized carbons (Fsp3) is 0.692. The number of carbonyl (C=O) groups excluding carboxylic acids is 1. The molecule has 2 fully saturated rings. The van der Waals surface area contributed by atoms with Crippen LogP contribution in [0.5, 0.6) is 0 Å². The van der Waals surface area contributed by atoms with Crippen LogP contribution in [0.15, 0.2) is 18.5 Å². The Kier molecular flexibility index (Phi) is 3.96. The Morgan fingerprint density at radius 2 is 2.05 bits per heavy atom. The Bertz CT molecular complexity index is 639. The average Bonchev–Trinajstić information content (AvgIpc) is 3.05. The molecule has 0 saturated carbocycles. The molecule has 2 aliphatic rings. The van der Waals surface area contributed by atoms with E-state index < -0.39 is 16.1 Å². The molecular weight excluding hydrogens is 308 g/mol. The average molecular weight is 328 g/mol. The molecule has 2 aliphatic heterocycles. The molecule has 3 heterocycles. The van der Waals surface area contributed by atoms with Crippen LogP contribution in [0.3, 0.4) is 0 Å². The normalized spacial score (nSPS) is 27.1. The second kappa shape index (κ2) is 5.64. The van der Waals surface area contributed by atoms with Gasteiger partial charge in [0.05, 0.1) is 18.4 Å². The van der Waals surface area contributed by atoms with E-state index in [1.807, 2.05) is 16.9 Å². The summed E-state index contributed by atoms with van der Waals surface area (Å²) in [7, 11) is -1.89. The minimum atomic E-state index is -3.43. The first-order valence-electron chi connectivity index (χ1n) is 7.17. The largest absolute Gasteiger partial charge is 0.380 e. The van der Waals surface area contributed by atoms with Crippen molar-refractivity contribution in [3.05, 3.63) is 18.5 Å². The summed E-state index contributed by atoms with van der Waals surface area (Å²) in [6.45, 7) is 1.36. The molecule has 8 nitrogen and oxygen atoms in total. The number of likely N-dealkylation sites (tertiary alicyclic amines) is 1. The van der Waals surface area contributed by atoms with E-state index >= 15 is 0 Å². The molecule has 122 valence electrons. The minimum Gasteiger partial charge on any atom is -0.380 e. The Morgan fingerprint density at radius 1 is 1.32 bits per heavy atom. The molecule has 1 aromatic heterocycles. The first-order valence-corrected chi connectivity index (χ1v) is 9.02. The fourth-order valence-electron chi connectivity index (χ4n) is 3.04. The summed E-state index contributed by atoms with van der Waals surface area (Å²) >= 11 is 0. The van der Waals surface area contributed by atoms with Crippen molar-refractivity contribution in [2.24, 2.45) is 0 Å². The monoisotopic (exact) mass is 328 g/mol. The summed E-state index contributed by atoms with van der Waals surface area (Å²) in [6, 6.07) is 1.36. The van der Waals surface area contributed by atoms with Crippen LogP contribution in [0.2, 0.25) is 0 Å². The molecule has 9 heteroatoms. The molecule has 0 radical (unpaired) electrons. The first-order chi connectivity index (χ1) is 10.4. The zero-order valence-corrected chi connectivity index (χ0v) is 13.4. The van der Waals surface area contributed by atoms with Crippen LogP contribution in [0.25, 0.3) is 0 Å². The van der Waals surface area contributed by atoms with E-state index in [1.165, 1.54) is 11.4 Å². The molecule has 2 saturated heterocycles. The maximum atomic E-state index is 12.6. The lowest BCUT2D eigenvalue weighted by atomic mass is 10.1. The minimum absolute atomic E-state index is 0.145. The van der Waals surface area contributed by atoms with Gasteiger partial charge < -0.3 is 9.64 Å². The van der Waals surface area contributed by atoms with Crippen LogP contribution in [-0.4, -0.2) is 78.5 Å². The zero-order chi connectivity index (χ0) is 15.9. The summed E-state index contributed by atoms with van der Waals surface area (Å²) in [4.78, 5) is 14.3. The number of hydrogen-bond donors (Lipinski definition) is 0. The molecule has 0 aromatic carbocycles. The fourth-order valence-corrected chi connectivity index (χ4v) is 4.12. The lowest BCUT2D eigenvalue weighted by Crippen LogP contribution is -2.56. The number of nitrogens with zero attached hydrogens (tertiary/aromatic N) is 4. The molecule has 0 unspecified atom stereocenters. The van der Waals surface area contributed by atoms with Crippen molar-refractivity contribution < 1.29 is 17.9 Å². The lowest BCUT2D eigenvalue weighted by Gasteiger charge is -2.41. The highest BCUT2D eigenvalue weighted by Crippen LogP contribution is 2.28. The summed E-state index contributed by atoms with van der Waals surface area (Å²) in [5, 5.41) is 4.16. The number of aromatic nitrogens is 2. The van der Waals surface area contributed by atoms with Gasteiger partial charge in [-0.05, 0) is 6.07 Å². The van der Waals surface area contributed by atoms with Crippen LogP contribution >= 0.6 is 0 Å². The predicted molar refractivity (Wildman–Crippen MR) is 78.6 cm³/mol. The van der Waals surface area contributed by atoms with Gasteiger partial charge in [0.2, 0.25) is 15.9 Å². The Balaban J connectivity index is 1.67. The van der Waals surface area contributed by atoms with Crippen molar-refractivity contribution in [2.75, 3.05) is 33.0 Å². The first kappa shape index (κ1) is 15.4. The van der Waals surface area contributed by atoms with Gasteiger partial charge in [-0.25, -0.2) is 8.42 Å². The van der Waals surface area contributed by atoms with Crippen molar-refractivity contribution in [1.82, 2.24) is 19.0 Å². The van der Waals surface area contributed by atoms with E-state index in [0.717, 1.165) is 6.26 Å². The third kappa shape index (κ3) is 2.75. The van der Waals surface area contributed by atoms with Crippen LogP contribution < -0.4 is 0 Å². The molecule has 3 rings (SSSR count). The lowest BCUT2D eigenvalue weighted by molar-refractivity contribution is -0.140. The molecule has 0 aliphatic carbocycles. The molecule has 0 N–H and O–H groups in total. The van der Waals surface area contributed by atoms with E-state index in [1.54, 1.807) is 11.1 Å². The Morgan fingerprint density at radius 3 is 2.59 bits per heavy atom. The van der Waals surface area contributed by atoms with Gasteiger partial charge in [0.15, 0.2) is 0 Å². The van der Waals surface area contributed by atoms with Crippen molar-refractivity contribution >= 4 is 15.9 Å². The van der Waals surface area contributed by atoms with Gasteiger partial charge in [0, 0.05) is 45.6 Å². The zero-order valence-electron chi connectivity index (χ0n) is 12.6. The SMILES string of the molecule is CO[C@H]1C[C@H](C(=O)N2CC(n3cccn3)C2)N(S(C)(=O)=O)C1. The highest BCUT2D eigenvalue weighted by Gasteiger charge is 2.45. The van der Waals surface area contributed by atoms with Crippen LogP contribution in [-0.2, 0) is 19.6 Å². The van der Waals surface area contributed by atoms with Crippen molar-refractivity contribution in [3.63, 3.8) is 0 Å². The molecule has 0 spiro atoms. The van der Waals surface area contributed by atoms with Gasteiger partial charge in [-0.2, -0.15) is 9.40 Å². The molecule has 0 bridgehead atoms. The van der Waals surface area contributed by atoms with Gasteiger partial charge in [-0.1, -0.05) is 0 Å². The molecule has 1 amide bonds. The second-order valence-corrected chi connectivity index (χ2v) is 7.76. The number of sulfonamides is 1. The van der Waals surface area contributed by atoms with Gasteiger partial charge >= 0.3 is 0 Å². The van der Waals surface area contributed by atoms with Gasteiger partial charge in [-0.15, -0.1) is 0 Å². The summed E-state index contributed by atoms with van der Waals surface area (Å²) in [5.74, 6) is -0.145. The maximum absolute atomic E-state index is 12.6. The summed E-state index contributed by atoms with van der Waals surface area (Å²) in [6.07, 6.45) is 4.88. The van der Waals surface area contributed by atoms with Crippen LogP contribution in [0, 0.1) is 0 Å². The maximum Gasteiger partial charge on any atom is 0.241 e. The third-order valence-electron chi connectivity index (χ3n) is 4.33. The van der Waals surface area contributed by atoms with Gasteiger partial charge in [-0.3, -0.25) is 9.48 Å². The van der Waals surface area contributed by atoms with Crippen molar-refractivity contribution in [1.29, 1.82) is 0 Å². The summed E-state index contributed by atoms with van der Waals surface area (Å²) < 4.78 is 32.1. The van der Waals surface area contributed by atoms with Crippen molar-refractivity contribution in [2.45, 2.75) is 24.6 Å². The number of amides is 1. The summed E-state index contributed by atoms with van der Waals surface area (Å²) in [5.41, 5.74) is 0. The molecule has 2 atom stereocenters. The van der Waals surface area contributed by atoms with E-state index in [2.05, 4.69) is 5.10 Å². The van der Waals surface area contributed by atoms with Crippen molar-refractivity contribution in [3.8, 4) is 0 Å². The number of carbonyl (C=O) groups is 1. The number of methoxy groups -OCH3 is 1. The highest BCUT2D eigenvalue weighted by atomic mass is 32.2. The third-order valence-corrected chi connectivity index (χ3v) is 5.59. The highest BCUT2D eigenvalue weighted by molar-refractivity contribution is 7.88. The number of rotatable bonds is 4. The van der Waals surface area contributed by atoms with E-state index in [4.69, 9.17) is 4.74 Å². The van der Waals surface area contributed by atoms with Crippen LogP contribution in [0.1, 0.15) is 12.5 Å². The standard InChI is InChI=1S/C13H20N4O4S/c1-21-11-6-12(17(9-11)22(2,19)20)13(18)15-7-10(8-15)16-5-3-4-14-16/h3-5,10-12H,6-9H2,1-2H3/t11-,12+/m0/s1. The quantitative estimate of drug-likeness (QED) is 0.731. The second-order valence-electron chi connectivity index (χ2n) is 5.83. The number of hydrogen-bond acceptors (Lipinski definition) is 5. The Labute approximate surface area is 129 Å². The Hall–Kier alpha value is -1.45. The molecular formula is C13H20N4O4S. The van der Waals surface area contributed by atoms with E-state index in [9.17, 15) is 13.2 Å². The topological polar surface area (TPSA) is 84.7 Å². The van der Waals surface area contributed by atoms with Gasteiger partial charge in [0.25, 0.3) is 0 Å². The van der Waals surface area contributed by atoms with E-state index in [-0.39, 0.29) is 24.6 Å².